The fourth-order valence-electron chi connectivity index (χ4n) is 2.76. The van der Waals surface area contributed by atoms with Gasteiger partial charge in [-0.1, -0.05) is 48.0 Å². The Labute approximate surface area is 171 Å². The van der Waals surface area contributed by atoms with E-state index in [1.165, 1.54) is 0 Å². The van der Waals surface area contributed by atoms with Crippen LogP contribution in [0.5, 0.6) is 0 Å². The van der Waals surface area contributed by atoms with Gasteiger partial charge in [0.2, 0.25) is 15.9 Å². The molecule has 1 N–H and O–H groups in total. The van der Waals surface area contributed by atoms with Crippen LogP contribution in [0.4, 0.5) is 5.69 Å². The molecule has 0 unspecified atom stereocenters. The molecule has 152 valence electrons. The molecule has 2 aromatic rings. The van der Waals surface area contributed by atoms with Gasteiger partial charge >= 0.3 is 0 Å². The summed E-state index contributed by atoms with van der Waals surface area (Å²) in [5, 5.41) is 3.12. The maximum atomic E-state index is 12.5. The van der Waals surface area contributed by atoms with Crippen LogP contribution in [-0.2, 0) is 26.2 Å². The first-order chi connectivity index (χ1) is 13.2. The van der Waals surface area contributed by atoms with Crippen molar-refractivity contribution in [2.24, 2.45) is 0 Å². The van der Waals surface area contributed by atoms with Crippen molar-refractivity contribution < 1.29 is 17.9 Å². The number of amides is 1. The highest BCUT2D eigenvalue weighted by molar-refractivity contribution is 7.92. The van der Waals surface area contributed by atoms with Gasteiger partial charge in [0, 0.05) is 11.6 Å². The van der Waals surface area contributed by atoms with Crippen LogP contribution in [0.2, 0.25) is 5.02 Å². The summed E-state index contributed by atoms with van der Waals surface area (Å²) in [6.45, 7) is 4.36. The first kappa shape index (κ1) is 22.2. The van der Waals surface area contributed by atoms with Gasteiger partial charge in [-0.3, -0.25) is 9.10 Å². The first-order valence-corrected chi connectivity index (χ1v) is 11.1. The summed E-state index contributed by atoms with van der Waals surface area (Å²) in [4.78, 5) is 12.5. The number of sulfonamides is 1. The van der Waals surface area contributed by atoms with Crippen molar-refractivity contribution in [1.29, 1.82) is 0 Å². The van der Waals surface area contributed by atoms with E-state index in [0.717, 1.165) is 16.1 Å². The van der Waals surface area contributed by atoms with E-state index in [1.807, 2.05) is 30.3 Å². The average molecular weight is 425 g/mol. The van der Waals surface area contributed by atoms with E-state index < -0.39 is 22.0 Å². The fraction of sp³-hybridized carbons (Fsp3) is 0.350. The zero-order chi connectivity index (χ0) is 20.7. The van der Waals surface area contributed by atoms with Crippen LogP contribution in [0.25, 0.3) is 0 Å². The number of rotatable bonds is 9. The van der Waals surface area contributed by atoms with E-state index in [0.29, 0.717) is 29.5 Å². The van der Waals surface area contributed by atoms with Gasteiger partial charge in [0.1, 0.15) is 6.04 Å². The summed E-state index contributed by atoms with van der Waals surface area (Å²) in [5.41, 5.74) is 2.14. The quantitative estimate of drug-likeness (QED) is 0.627. The molecule has 0 bridgehead atoms. The molecule has 0 saturated heterocycles. The van der Waals surface area contributed by atoms with Crippen molar-refractivity contribution in [1.82, 2.24) is 5.32 Å². The Bertz CT molecular complexity index is 904. The Morgan fingerprint density at radius 2 is 1.89 bits per heavy atom. The topological polar surface area (TPSA) is 75.7 Å². The maximum absolute atomic E-state index is 12.5. The molecule has 1 amide bonds. The Hall–Kier alpha value is -2.09. The molecule has 2 rings (SSSR count). The molecule has 28 heavy (non-hydrogen) atoms. The van der Waals surface area contributed by atoms with Crippen LogP contribution < -0.4 is 9.62 Å². The number of halogens is 1. The lowest BCUT2D eigenvalue weighted by molar-refractivity contribution is -0.122. The number of ether oxygens (including phenoxy) is 1. The molecule has 0 aliphatic carbocycles. The van der Waals surface area contributed by atoms with Gasteiger partial charge < -0.3 is 10.1 Å². The van der Waals surface area contributed by atoms with Crippen LogP contribution in [-0.4, -0.2) is 39.8 Å². The standard InChI is InChI=1S/C20H25ClN2O4S/c1-15-9-10-18(21)13-19(15)23(28(3,25)26)16(2)20(24)22-11-12-27-14-17-7-5-4-6-8-17/h4-10,13,16H,11-12,14H2,1-3H3,(H,22,24)/t16-/m0/s1. The SMILES string of the molecule is Cc1ccc(Cl)cc1N([C@@H](C)C(=O)NCCOCc1ccccc1)S(C)(=O)=O. The van der Waals surface area contributed by atoms with Gasteiger partial charge in [-0.2, -0.15) is 0 Å². The number of hydrogen-bond acceptors (Lipinski definition) is 4. The van der Waals surface area contributed by atoms with Crippen molar-refractivity contribution >= 4 is 33.2 Å². The summed E-state index contributed by atoms with van der Waals surface area (Å²) in [7, 11) is -3.69. The van der Waals surface area contributed by atoms with E-state index in [2.05, 4.69) is 5.32 Å². The number of anilines is 1. The zero-order valence-corrected chi connectivity index (χ0v) is 17.8. The van der Waals surface area contributed by atoms with Crippen molar-refractivity contribution in [3.05, 3.63) is 64.7 Å². The predicted molar refractivity (Wildman–Crippen MR) is 112 cm³/mol. The second kappa shape index (κ2) is 9.91. The van der Waals surface area contributed by atoms with Crippen molar-refractivity contribution in [3.63, 3.8) is 0 Å². The molecule has 0 heterocycles. The zero-order valence-electron chi connectivity index (χ0n) is 16.2. The number of nitrogens with zero attached hydrogens (tertiary/aromatic N) is 1. The second-order valence-electron chi connectivity index (χ2n) is 6.49. The highest BCUT2D eigenvalue weighted by atomic mass is 35.5. The molecule has 2 aromatic carbocycles. The molecule has 0 aliphatic heterocycles. The minimum atomic E-state index is -3.69. The lowest BCUT2D eigenvalue weighted by atomic mass is 10.2. The minimum absolute atomic E-state index is 0.280. The van der Waals surface area contributed by atoms with Crippen LogP contribution in [0, 0.1) is 6.92 Å². The Morgan fingerprint density at radius 3 is 2.54 bits per heavy atom. The lowest BCUT2D eigenvalue weighted by Crippen LogP contribution is -2.48. The molecular weight excluding hydrogens is 400 g/mol. The number of nitrogens with one attached hydrogen (secondary N) is 1. The molecule has 0 aliphatic rings. The minimum Gasteiger partial charge on any atom is -0.375 e. The molecule has 6 nitrogen and oxygen atoms in total. The first-order valence-electron chi connectivity index (χ1n) is 8.85. The molecule has 0 radical (unpaired) electrons. The third-order valence-corrected chi connectivity index (χ3v) is 5.62. The van der Waals surface area contributed by atoms with Gasteiger partial charge in [0.25, 0.3) is 0 Å². The Morgan fingerprint density at radius 1 is 1.21 bits per heavy atom. The highest BCUT2D eigenvalue weighted by Crippen LogP contribution is 2.28. The normalized spacial score (nSPS) is 12.4. The number of carbonyl (C=O) groups is 1. The summed E-state index contributed by atoms with van der Waals surface area (Å²) < 4.78 is 31.3. The Balaban J connectivity index is 1.97. The summed E-state index contributed by atoms with van der Waals surface area (Å²) in [6, 6.07) is 13.7. The Kier molecular flexibility index (Phi) is 7.86. The van der Waals surface area contributed by atoms with E-state index >= 15 is 0 Å². The molecule has 0 saturated carbocycles. The third-order valence-electron chi connectivity index (χ3n) is 4.15. The van der Waals surface area contributed by atoms with Crippen molar-refractivity contribution in [3.8, 4) is 0 Å². The molecular formula is C20H25ClN2O4S. The van der Waals surface area contributed by atoms with Crippen molar-refractivity contribution in [2.75, 3.05) is 23.7 Å². The molecule has 0 spiro atoms. The summed E-state index contributed by atoms with van der Waals surface area (Å²) in [6.07, 6.45) is 1.07. The second-order valence-corrected chi connectivity index (χ2v) is 8.79. The summed E-state index contributed by atoms with van der Waals surface area (Å²) >= 11 is 6.03. The maximum Gasteiger partial charge on any atom is 0.243 e. The number of aryl methyl sites for hydroxylation is 1. The van der Waals surface area contributed by atoms with E-state index in [1.54, 1.807) is 32.0 Å². The molecule has 1 atom stereocenters. The van der Waals surface area contributed by atoms with Crippen molar-refractivity contribution in [2.45, 2.75) is 26.5 Å². The summed E-state index contributed by atoms with van der Waals surface area (Å²) in [5.74, 6) is -0.409. The lowest BCUT2D eigenvalue weighted by Gasteiger charge is -2.29. The fourth-order valence-corrected chi connectivity index (χ4v) is 4.15. The van der Waals surface area contributed by atoms with E-state index in [-0.39, 0.29) is 6.54 Å². The predicted octanol–water partition coefficient (Wildman–Crippen LogP) is 3.14. The largest absolute Gasteiger partial charge is 0.375 e. The van der Waals surface area contributed by atoms with Crippen LogP contribution in [0.1, 0.15) is 18.1 Å². The van der Waals surface area contributed by atoms with Gasteiger partial charge in [0.15, 0.2) is 0 Å². The number of benzene rings is 2. The van der Waals surface area contributed by atoms with Gasteiger partial charge in [0.05, 0.1) is 25.2 Å². The van der Waals surface area contributed by atoms with Gasteiger partial charge in [-0.05, 0) is 37.1 Å². The third kappa shape index (κ3) is 6.22. The molecule has 0 fully saturated rings. The number of hydrogen-bond donors (Lipinski definition) is 1. The van der Waals surface area contributed by atoms with Crippen LogP contribution in [0.3, 0.4) is 0 Å². The van der Waals surface area contributed by atoms with Crippen LogP contribution >= 0.6 is 11.6 Å². The van der Waals surface area contributed by atoms with Gasteiger partial charge in [-0.25, -0.2) is 8.42 Å². The monoisotopic (exact) mass is 424 g/mol. The smallest absolute Gasteiger partial charge is 0.243 e. The van der Waals surface area contributed by atoms with Gasteiger partial charge in [-0.15, -0.1) is 0 Å². The molecule has 8 heteroatoms. The highest BCUT2D eigenvalue weighted by Gasteiger charge is 2.30. The van der Waals surface area contributed by atoms with Crippen LogP contribution in [0.15, 0.2) is 48.5 Å². The number of carbonyl (C=O) groups excluding carboxylic acids is 1. The average Bonchev–Trinajstić information content (AvgIpc) is 2.64. The molecule has 0 aromatic heterocycles. The van der Waals surface area contributed by atoms with E-state index in [9.17, 15) is 13.2 Å². The van der Waals surface area contributed by atoms with E-state index in [4.69, 9.17) is 16.3 Å².